The number of anilines is 2. The summed E-state index contributed by atoms with van der Waals surface area (Å²) >= 11 is 0. The van der Waals surface area contributed by atoms with Crippen LogP contribution in [0.1, 0.15) is 21.5 Å². The summed E-state index contributed by atoms with van der Waals surface area (Å²) in [5.74, 6) is -0.233. The molecule has 4 aromatic carbocycles. The Labute approximate surface area is 175 Å². The van der Waals surface area contributed by atoms with Crippen molar-refractivity contribution in [1.82, 2.24) is 0 Å². The molecule has 0 saturated carbocycles. The Morgan fingerprint density at radius 3 is 2.10 bits per heavy atom. The maximum absolute atomic E-state index is 12.5. The van der Waals surface area contributed by atoms with Gasteiger partial charge in [0, 0.05) is 16.9 Å². The minimum Gasteiger partial charge on any atom is -0.326 e. The van der Waals surface area contributed by atoms with E-state index >= 15 is 0 Å². The lowest BCUT2D eigenvalue weighted by molar-refractivity contribution is -0.115. The molecule has 0 unspecified atom stereocenters. The third-order valence-electron chi connectivity index (χ3n) is 5.05. The normalized spacial score (nSPS) is 10.6. The number of aryl methyl sites for hydroxylation is 1. The van der Waals surface area contributed by atoms with Crippen LogP contribution in [0.2, 0.25) is 0 Å². The van der Waals surface area contributed by atoms with Gasteiger partial charge in [0.2, 0.25) is 5.91 Å². The molecule has 4 rings (SSSR count). The smallest absolute Gasteiger partial charge is 0.255 e. The molecule has 0 heterocycles. The molecule has 0 aliphatic carbocycles. The number of rotatable bonds is 5. The third-order valence-corrected chi connectivity index (χ3v) is 5.05. The lowest BCUT2D eigenvalue weighted by Gasteiger charge is -2.10. The second kappa shape index (κ2) is 8.62. The minimum absolute atomic E-state index is 0.0805. The van der Waals surface area contributed by atoms with Gasteiger partial charge in [-0.2, -0.15) is 0 Å². The summed E-state index contributed by atoms with van der Waals surface area (Å²) in [6, 6.07) is 28.6. The van der Waals surface area contributed by atoms with Crippen LogP contribution in [0.3, 0.4) is 0 Å². The first-order valence-corrected chi connectivity index (χ1v) is 9.84. The number of fused-ring (bicyclic) bond motifs is 1. The van der Waals surface area contributed by atoms with Gasteiger partial charge in [0.15, 0.2) is 0 Å². The molecule has 0 aromatic heterocycles. The minimum atomic E-state index is -0.152. The van der Waals surface area contributed by atoms with Crippen molar-refractivity contribution in [1.29, 1.82) is 0 Å². The van der Waals surface area contributed by atoms with Crippen molar-refractivity contribution in [3.63, 3.8) is 0 Å². The van der Waals surface area contributed by atoms with Crippen LogP contribution in [0, 0.1) is 6.92 Å². The van der Waals surface area contributed by atoms with Gasteiger partial charge in [-0.1, -0.05) is 60.7 Å². The Bertz CT molecular complexity index is 1210. The number of nitrogens with one attached hydrogen (secondary N) is 2. The van der Waals surface area contributed by atoms with Gasteiger partial charge < -0.3 is 10.6 Å². The summed E-state index contributed by atoms with van der Waals surface area (Å²) in [4.78, 5) is 25.0. The van der Waals surface area contributed by atoms with Crippen LogP contribution in [0.5, 0.6) is 0 Å². The summed E-state index contributed by atoms with van der Waals surface area (Å²) < 4.78 is 0. The fourth-order valence-corrected chi connectivity index (χ4v) is 3.49. The maximum atomic E-state index is 12.5. The zero-order chi connectivity index (χ0) is 20.9. The third kappa shape index (κ3) is 4.39. The average Bonchev–Trinajstić information content (AvgIpc) is 2.75. The van der Waals surface area contributed by atoms with Crippen molar-refractivity contribution in [3.8, 4) is 0 Å². The molecule has 148 valence electrons. The molecule has 2 amide bonds. The fourth-order valence-electron chi connectivity index (χ4n) is 3.49. The predicted molar refractivity (Wildman–Crippen MR) is 122 cm³/mol. The number of hydrogen-bond donors (Lipinski definition) is 2. The van der Waals surface area contributed by atoms with E-state index in [1.807, 2.05) is 67.6 Å². The Hall–Kier alpha value is -3.92. The van der Waals surface area contributed by atoms with Crippen LogP contribution in [0.15, 0.2) is 91.0 Å². The van der Waals surface area contributed by atoms with Crippen molar-refractivity contribution in [3.05, 3.63) is 108 Å². The second-order valence-electron chi connectivity index (χ2n) is 7.21. The lowest BCUT2D eigenvalue weighted by atomic mass is 10.0. The van der Waals surface area contributed by atoms with Crippen LogP contribution in [0.25, 0.3) is 10.8 Å². The molecule has 0 radical (unpaired) electrons. The summed E-state index contributed by atoms with van der Waals surface area (Å²) in [6.45, 7) is 1.91. The van der Waals surface area contributed by atoms with Crippen molar-refractivity contribution in [2.45, 2.75) is 13.3 Å². The Balaban J connectivity index is 1.40. The largest absolute Gasteiger partial charge is 0.326 e. The van der Waals surface area contributed by atoms with Crippen LogP contribution in [0.4, 0.5) is 11.4 Å². The number of amides is 2. The molecule has 4 nitrogen and oxygen atoms in total. The highest BCUT2D eigenvalue weighted by atomic mass is 16.2. The molecule has 4 heteroatoms. The molecule has 0 atom stereocenters. The highest BCUT2D eigenvalue weighted by Gasteiger charge is 2.10. The summed E-state index contributed by atoms with van der Waals surface area (Å²) in [6.07, 6.45) is 0.299. The van der Waals surface area contributed by atoms with E-state index < -0.39 is 0 Å². The Kier molecular flexibility index (Phi) is 5.57. The van der Waals surface area contributed by atoms with Crippen molar-refractivity contribution >= 4 is 34.0 Å². The first kappa shape index (κ1) is 19.4. The zero-order valence-electron chi connectivity index (χ0n) is 16.7. The standard InChI is InChI=1S/C26H22N2O2/c1-18-7-2-4-11-23(18)26(30)28-22-15-13-21(14-16-22)27-25(29)17-20-10-6-9-19-8-3-5-12-24(19)20/h2-16H,17H2,1H3,(H,27,29)(H,28,30). The molecule has 0 spiro atoms. The Morgan fingerprint density at radius 2 is 1.33 bits per heavy atom. The maximum Gasteiger partial charge on any atom is 0.255 e. The molecule has 2 N–H and O–H groups in total. The summed E-state index contributed by atoms with van der Waals surface area (Å²) in [5.41, 5.74) is 3.93. The highest BCUT2D eigenvalue weighted by Crippen LogP contribution is 2.20. The van der Waals surface area contributed by atoms with Gasteiger partial charge in [0.1, 0.15) is 0 Å². The molecule has 4 aromatic rings. The molecule has 0 aliphatic heterocycles. The summed E-state index contributed by atoms with van der Waals surface area (Å²) in [5, 5.41) is 8.02. The summed E-state index contributed by atoms with van der Waals surface area (Å²) in [7, 11) is 0. The highest BCUT2D eigenvalue weighted by molar-refractivity contribution is 6.05. The monoisotopic (exact) mass is 394 g/mol. The SMILES string of the molecule is Cc1ccccc1C(=O)Nc1ccc(NC(=O)Cc2cccc3ccccc23)cc1. The quantitative estimate of drug-likeness (QED) is 0.464. The van der Waals surface area contributed by atoms with Gasteiger partial charge in [0.05, 0.1) is 6.42 Å². The Morgan fingerprint density at radius 1 is 0.700 bits per heavy atom. The van der Waals surface area contributed by atoms with Crippen molar-refractivity contribution in [2.24, 2.45) is 0 Å². The predicted octanol–water partition coefficient (Wildman–Crippen LogP) is 5.58. The number of hydrogen-bond acceptors (Lipinski definition) is 2. The average molecular weight is 394 g/mol. The van der Waals surface area contributed by atoms with Crippen molar-refractivity contribution < 1.29 is 9.59 Å². The van der Waals surface area contributed by atoms with E-state index in [-0.39, 0.29) is 11.8 Å². The number of benzene rings is 4. The molecular formula is C26H22N2O2. The van der Waals surface area contributed by atoms with Crippen LogP contribution in [-0.4, -0.2) is 11.8 Å². The molecule has 30 heavy (non-hydrogen) atoms. The molecule has 0 saturated heterocycles. The molecule has 0 aliphatic rings. The number of carbonyl (C=O) groups excluding carboxylic acids is 2. The van der Waals surface area contributed by atoms with E-state index in [9.17, 15) is 9.59 Å². The van der Waals surface area contributed by atoms with E-state index in [4.69, 9.17) is 0 Å². The van der Waals surface area contributed by atoms with E-state index in [1.165, 1.54) is 0 Å². The lowest BCUT2D eigenvalue weighted by Crippen LogP contribution is -2.15. The topological polar surface area (TPSA) is 58.2 Å². The first-order chi connectivity index (χ1) is 14.6. The van der Waals surface area contributed by atoms with Crippen LogP contribution >= 0.6 is 0 Å². The van der Waals surface area contributed by atoms with E-state index in [2.05, 4.69) is 10.6 Å². The van der Waals surface area contributed by atoms with E-state index in [0.29, 0.717) is 23.4 Å². The van der Waals surface area contributed by atoms with Gasteiger partial charge in [-0.25, -0.2) is 0 Å². The first-order valence-electron chi connectivity index (χ1n) is 9.84. The molecule has 0 bridgehead atoms. The molecule has 0 fully saturated rings. The second-order valence-corrected chi connectivity index (χ2v) is 7.21. The van der Waals surface area contributed by atoms with Crippen LogP contribution < -0.4 is 10.6 Å². The van der Waals surface area contributed by atoms with E-state index in [1.54, 1.807) is 30.3 Å². The van der Waals surface area contributed by atoms with E-state index in [0.717, 1.165) is 21.9 Å². The van der Waals surface area contributed by atoms with Gasteiger partial charge in [-0.15, -0.1) is 0 Å². The zero-order valence-corrected chi connectivity index (χ0v) is 16.7. The fraction of sp³-hybridized carbons (Fsp3) is 0.0769. The van der Waals surface area contributed by atoms with Crippen LogP contribution in [-0.2, 0) is 11.2 Å². The van der Waals surface area contributed by atoms with Crippen molar-refractivity contribution in [2.75, 3.05) is 10.6 Å². The molecular weight excluding hydrogens is 372 g/mol. The van der Waals surface area contributed by atoms with Gasteiger partial charge in [-0.05, 0) is 59.2 Å². The number of carbonyl (C=O) groups is 2. The van der Waals surface area contributed by atoms with Gasteiger partial charge >= 0.3 is 0 Å². The van der Waals surface area contributed by atoms with Gasteiger partial charge in [-0.3, -0.25) is 9.59 Å². The van der Waals surface area contributed by atoms with Gasteiger partial charge in [0.25, 0.3) is 5.91 Å².